The van der Waals surface area contributed by atoms with Crippen LogP contribution in [0.5, 0.6) is 11.5 Å². The molecule has 8 nitrogen and oxygen atoms in total. The van der Waals surface area contributed by atoms with E-state index < -0.39 is 0 Å². The van der Waals surface area contributed by atoms with Gasteiger partial charge in [0.05, 0.1) is 37.8 Å². The van der Waals surface area contributed by atoms with Crippen LogP contribution < -0.4 is 20.5 Å². The normalized spacial score (nSPS) is 10.5. The predicted octanol–water partition coefficient (Wildman–Crippen LogP) is 1.76. The Labute approximate surface area is 126 Å². The molecule has 0 spiro atoms. The number of nitrogens with zero attached hydrogens (tertiary/aromatic N) is 4. The first-order valence-electron chi connectivity index (χ1n) is 6.43. The lowest BCUT2D eigenvalue weighted by molar-refractivity contribution is 0.356. The molecule has 0 fully saturated rings. The summed E-state index contributed by atoms with van der Waals surface area (Å²) in [6, 6.07) is 3.62. The Morgan fingerprint density at radius 2 is 1.64 bits per heavy atom. The smallest absolute Gasteiger partial charge is 0.227 e. The second kappa shape index (κ2) is 5.68. The molecule has 3 N–H and O–H groups in total. The van der Waals surface area contributed by atoms with Crippen molar-refractivity contribution in [2.24, 2.45) is 0 Å². The van der Waals surface area contributed by atoms with E-state index in [1.165, 1.54) is 0 Å². The molecule has 0 saturated carbocycles. The minimum Gasteiger partial charge on any atom is -0.493 e. The van der Waals surface area contributed by atoms with Crippen molar-refractivity contribution in [1.82, 2.24) is 19.9 Å². The van der Waals surface area contributed by atoms with Crippen LogP contribution in [0.4, 0.5) is 17.6 Å². The Kier molecular flexibility index (Phi) is 3.57. The van der Waals surface area contributed by atoms with E-state index in [0.717, 1.165) is 10.9 Å². The molecule has 0 bridgehead atoms. The molecule has 0 unspecified atom stereocenters. The number of hydrogen-bond donors (Lipinski definition) is 2. The molecule has 3 rings (SSSR count). The van der Waals surface area contributed by atoms with Crippen LogP contribution >= 0.6 is 0 Å². The Hall–Kier alpha value is -3.16. The Bertz CT molecular complexity index is 806. The van der Waals surface area contributed by atoms with Gasteiger partial charge >= 0.3 is 0 Å². The summed E-state index contributed by atoms with van der Waals surface area (Å²) in [4.78, 5) is 16.5. The number of anilines is 3. The topological polar surface area (TPSA) is 108 Å². The summed E-state index contributed by atoms with van der Waals surface area (Å²) in [7, 11) is 3.16. The van der Waals surface area contributed by atoms with Gasteiger partial charge in [-0.15, -0.1) is 0 Å². The van der Waals surface area contributed by atoms with E-state index in [0.29, 0.717) is 23.1 Å². The number of ether oxygens (including phenoxy) is 2. The lowest BCUT2D eigenvalue weighted by Crippen LogP contribution is -2.00. The lowest BCUT2D eigenvalue weighted by atomic mass is 10.2. The van der Waals surface area contributed by atoms with Crippen LogP contribution in [0, 0.1) is 0 Å². The molecule has 0 radical (unpaired) electrons. The van der Waals surface area contributed by atoms with Crippen molar-refractivity contribution in [3.8, 4) is 11.5 Å². The fourth-order valence-electron chi connectivity index (χ4n) is 1.95. The van der Waals surface area contributed by atoms with E-state index in [1.807, 2.05) is 6.07 Å². The molecule has 0 atom stereocenters. The van der Waals surface area contributed by atoms with Crippen LogP contribution in [0.1, 0.15) is 0 Å². The molecule has 0 amide bonds. The standard InChI is InChI=1S/C14H14N6O2/c1-21-11-3-8-5-18-14(20-10(8)4-12(11)22-2)19-9-6-16-13(15)17-7-9/h3-7H,1-2H3,(H2,15,16,17)(H,18,19,20). The van der Waals surface area contributed by atoms with Gasteiger partial charge in [-0.05, 0) is 6.07 Å². The third kappa shape index (κ3) is 2.66. The van der Waals surface area contributed by atoms with Crippen molar-refractivity contribution < 1.29 is 9.47 Å². The zero-order valence-corrected chi connectivity index (χ0v) is 12.1. The number of aromatic nitrogens is 4. The second-order valence-electron chi connectivity index (χ2n) is 4.41. The molecule has 3 aromatic rings. The van der Waals surface area contributed by atoms with Gasteiger partial charge in [0.25, 0.3) is 0 Å². The molecule has 8 heteroatoms. The highest BCUT2D eigenvalue weighted by atomic mass is 16.5. The minimum atomic E-state index is 0.210. The van der Waals surface area contributed by atoms with Crippen LogP contribution in [0.25, 0.3) is 10.9 Å². The average Bonchev–Trinajstić information content (AvgIpc) is 2.55. The van der Waals surface area contributed by atoms with E-state index in [9.17, 15) is 0 Å². The zero-order valence-electron chi connectivity index (χ0n) is 12.1. The summed E-state index contributed by atoms with van der Waals surface area (Å²) in [5.74, 6) is 1.87. The number of benzene rings is 1. The first-order valence-corrected chi connectivity index (χ1v) is 6.43. The van der Waals surface area contributed by atoms with E-state index in [4.69, 9.17) is 15.2 Å². The summed E-state index contributed by atoms with van der Waals surface area (Å²) in [5, 5.41) is 3.86. The van der Waals surface area contributed by atoms with Crippen LogP contribution in [0.15, 0.2) is 30.7 Å². The average molecular weight is 298 g/mol. The highest BCUT2D eigenvalue weighted by molar-refractivity contribution is 5.83. The summed E-state index contributed by atoms with van der Waals surface area (Å²) in [6.45, 7) is 0. The van der Waals surface area contributed by atoms with Gasteiger partial charge < -0.3 is 20.5 Å². The van der Waals surface area contributed by atoms with Crippen molar-refractivity contribution >= 4 is 28.5 Å². The number of hydrogen-bond acceptors (Lipinski definition) is 8. The van der Waals surface area contributed by atoms with Gasteiger partial charge in [-0.1, -0.05) is 0 Å². The molecule has 0 aliphatic carbocycles. The number of nitrogen functional groups attached to an aromatic ring is 1. The van der Waals surface area contributed by atoms with Gasteiger partial charge in [0.1, 0.15) is 0 Å². The number of methoxy groups -OCH3 is 2. The van der Waals surface area contributed by atoms with E-state index in [1.54, 1.807) is 38.9 Å². The van der Waals surface area contributed by atoms with Gasteiger partial charge in [-0.3, -0.25) is 0 Å². The van der Waals surface area contributed by atoms with Gasteiger partial charge in [-0.25, -0.2) is 19.9 Å². The lowest BCUT2D eigenvalue weighted by Gasteiger charge is -2.09. The second-order valence-corrected chi connectivity index (χ2v) is 4.41. The van der Waals surface area contributed by atoms with Gasteiger partial charge in [0, 0.05) is 17.6 Å². The maximum absolute atomic E-state index is 5.45. The molecule has 112 valence electrons. The van der Waals surface area contributed by atoms with Crippen molar-refractivity contribution in [1.29, 1.82) is 0 Å². The molecule has 0 aliphatic rings. The Morgan fingerprint density at radius 3 is 2.32 bits per heavy atom. The van der Waals surface area contributed by atoms with E-state index in [2.05, 4.69) is 25.3 Å². The third-order valence-electron chi connectivity index (χ3n) is 3.01. The van der Waals surface area contributed by atoms with Crippen molar-refractivity contribution in [3.05, 3.63) is 30.7 Å². The van der Waals surface area contributed by atoms with Gasteiger partial charge in [0.2, 0.25) is 11.9 Å². The highest BCUT2D eigenvalue weighted by Crippen LogP contribution is 2.31. The van der Waals surface area contributed by atoms with Gasteiger partial charge in [-0.2, -0.15) is 0 Å². The van der Waals surface area contributed by atoms with Crippen molar-refractivity contribution in [2.75, 3.05) is 25.3 Å². The van der Waals surface area contributed by atoms with Gasteiger partial charge in [0.15, 0.2) is 11.5 Å². The predicted molar refractivity (Wildman–Crippen MR) is 82.4 cm³/mol. The monoisotopic (exact) mass is 298 g/mol. The largest absolute Gasteiger partial charge is 0.493 e. The fourth-order valence-corrected chi connectivity index (χ4v) is 1.95. The van der Waals surface area contributed by atoms with Crippen LogP contribution in [0.3, 0.4) is 0 Å². The van der Waals surface area contributed by atoms with Crippen LogP contribution in [-0.2, 0) is 0 Å². The first kappa shape index (κ1) is 13.8. The summed E-state index contributed by atoms with van der Waals surface area (Å²) in [5.41, 5.74) is 6.82. The zero-order chi connectivity index (χ0) is 15.5. The fraction of sp³-hybridized carbons (Fsp3) is 0.143. The van der Waals surface area contributed by atoms with E-state index >= 15 is 0 Å². The molecule has 0 saturated heterocycles. The quantitative estimate of drug-likeness (QED) is 0.750. The van der Waals surface area contributed by atoms with Crippen LogP contribution in [0.2, 0.25) is 0 Å². The number of nitrogens with one attached hydrogen (secondary N) is 1. The Balaban J connectivity index is 1.96. The molecular formula is C14H14N6O2. The summed E-state index contributed by atoms with van der Waals surface area (Å²) < 4.78 is 10.5. The number of fused-ring (bicyclic) bond motifs is 1. The molecule has 2 heterocycles. The molecule has 2 aromatic heterocycles. The summed E-state index contributed by atoms with van der Waals surface area (Å²) >= 11 is 0. The van der Waals surface area contributed by atoms with Crippen molar-refractivity contribution in [3.63, 3.8) is 0 Å². The number of rotatable bonds is 4. The third-order valence-corrected chi connectivity index (χ3v) is 3.01. The SMILES string of the molecule is COc1cc2cnc(Nc3cnc(N)nc3)nc2cc1OC. The number of nitrogens with two attached hydrogens (primary N) is 1. The molecule has 1 aromatic carbocycles. The van der Waals surface area contributed by atoms with Crippen molar-refractivity contribution in [2.45, 2.75) is 0 Å². The maximum Gasteiger partial charge on any atom is 0.227 e. The molecular weight excluding hydrogens is 284 g/mol. The maximum atomic E-state index is 5.45. The van der Waals surface area contributed by atoms with E-state index in [-0.39, 0.29) is 5.95 Å². The highest BCUT2D eigenvalue weighted by Gasteiger charge is 2.08. The molecule has 22 heavy (non-hydrogen) atoms. The summed E-state index contributed by atoms with van der Waals surface area (Å²) in [6.07, 6.45) is 4.82. The Morgan fingerprint density at radius 1 is 0.955 bits per heavy atom. The first-order chi connectivity index (χ1) is 10.7. The minimum absolute atomic E-state index is 0.210. The molecule has 0 aliphatic heterocycles. The van der Waals surface area contributed by atoms with Crippen LogP contribution in [-0.4, -0.2) is 34.2 Å².